The SMILES string of the molecule is C=C(C)c1cncc(CNC(=O)OC(C)(C)C)c1. The van der Waals surface area contributed by atoms with Gasteiger partial charge in [0.2, 0.25) is 0 Å². The van der Waals surface area contributed by atoms with E-state index >= 15 is 0 Å². The van der Waals surface area contributed by atoms with Crippen LogP contribution in [0.2, 0.25) is 0 Å². The fourth-order valence-electron chi connectivity index (χ4n) is 1.31. The molecule has 4 heteroatoms. The first-order valence-corrected chi connectivity index (χ1v) is 5.84. The molecule has 1 N–H and O–H groups in total. The van der Waals surface area contributed by atoms with E-state index in [2.05, 4.69) is 16.9 Å². The van der Waals surface area contributed by atoms with Gasteiger partial charge in [0.25, 0.3) is 0 Å². The lowest BCUT2D eigenvalue weighted by Crippen LogP contribution is -2.32. The number of pyridine rings is 1. The second kappa shape index (κ2) is 5.67. The molecule has 0 unspecified atom stereocenters. The maximum Gasteiger partial charge on any atom is 0.407 e. The van der Waals surface area contributed by atoms with Crippen LogP contribution < -0.4 is 5.32 Å². The van der Waals surface area contributed by atoms with Gasteiger partial charge in [-0.15, -0.1) is 0 Å². The van der Waals surface area contributed by atoms with Crippen LogP contribution in [-0.4, -0.2) is 16.7 Å². The Bertz CT molecular complexity index is 447. The minimum Gasteiger partial charge on any atom is -0.444 e. The number of hydrogen-bond donors (Lipinski definition) is 1. The van der Waals surface area contributed by atoms with E-state index in [1.807, 2.05) is 33.8 Å². The number of aromatic nitrogens is 1. The van der Waals surface area contributed by atoms with Crippen molar-refractivity contribution in [2.24, 2.45) is 0 Å². The minimum atomic E-state index is -0.484. The summed E-state index contributed by atoms with van der Waals surface area (Å²) in [4.78, 5) is 15.6. The summed E-state index contributed by atoms with van der Waals surface area (Å²) in [7, 11) is 0. The van der Waals surface area contributed by atoms with Crippen molar-refractivity contribution in [1.82, 2.24) is 10.3 Å². The molecule has 0 saturated carbocycles. The Kier molecular flexibility index (Phi) is 4.48. The maximum absolute atomic E-state index is 11.5. The van der Waals surface area contributed by atoms with Crippen molar-refractivity contribution in [3.8, 4) is 0 Å². The third-order valence-corrected chi connectivity index (χ3v) is 2.12. The van der Waals surface area contributed by atoms with E-state index in [9.17, 15) is 4.79 Å². The van der Waals surface area contributed by atoms with E-state index < -0.39 is 11.7 Å². The van der Waals surface area contributed by atoms with Gasteiger partial charge in [-0.3, -0.25) is 4.98 Å². The Morgan fingerprint density at radius 3 is 2.67 bits per heavy atom. The van der Waals surface area contributed by atoms with Crippen LogP contribution in [0.15, 0.2) is 25.0 Å². The van der Waals surface area contributed by atoms with Crippen molar-refractivity contribution in [1.29, 1.82) is 0 Å². The molecule has 0 saturated heterocycles. The smallest absolute Gasteiger partial charge is 0.407 e. The van der Waals surface area contributed by atoms with Crippen LogP contribution in [0.3, 0.4) is 0 Å². The molecule has 0 aliphatic rings. The number of ether oxygens (including phenoxy) is 1. The molecule has 1 aromatic heterocycles. The summed E-state index contributed by atoms with van der Waals surface area (Å²) >= 11 is 0. The molecular formula is C14H20N2O2. The number of hydrogen-bond acceptors (Lipinski definition) is 3. The topological polar surface area (TPSA) is 51.2 Å². The molecule has 0 fully saturated rings. The van der Waals surface area contributed by atoms with Crippen molar-refractivity contribution in [2.75, 3.05) is 0 Å². The molecule has 1 rings (SSSR count). The molecule has 4 nitrogen and oxygen atoms in total. The van der Waals surface area contributed by atoms with E-state index in [-0.39, 0.29) is 0 Å². The summed E-state index contributed by atoms with van der Waals surface area (Å²) in [5, 5.41) is 2.69. The van der Waals surface area contributed by atoms with Crippen molar-refractivity contribution in [3.63, 3.8) is 0 Å². The molecule has 0 atom stereocenters. The van der Waals surface area contributed by atoms with Gasteiger partial charge in [-0.2, -0.15) is 0 Å². The van der Waals surface area contributed by atoms with Crippen molar-refractivity contribution in [2.45, 2.75) is 39.8 Å². The average Bonchev–Trinajstić information content (AvgIpc) is 2.24. The maximum atomic E-state index is 11.5. The molecule has 0 aromatic carbocycles. The fourth-order valence-corrected chi connectivity index (χ4v) is 1.31. The lowest BCUT2D eigenvalue weighted by molar-refractivity contribution is 0.0523. The average molecular weight is 248 g/mol. The molecule has 1 aromatic rings. The van der Waals surface area contributed by atoms with Gasteiger partial charge in [0.1, 0.15) is 5.60 Å². The molecule has 1 amide bonds. The number of amides is 1. The van der Waals surface area contributed by atoms with E-state index in [1.165, 1.54) is 0 Å². The van der Waals surface area contributed by atoms with Crippen LogP contribution in [0, 0.1) is 0 Å². The summed E-state index contributed by atoms with van der Waals surface area (Å²) < 4.78 is 5.15. The lowest BCUT2D eigenvalue weighted by atomic mass is 10.1. The van der Waals surface area contributed by atoms with E-state index in [4.69, 9.17) is 4.74 Å². The predicted octanol–water partition coefficient (Wildman–Crippen LogP) is 3.14. The highest BCUT2D eigenvalue weighted by atomic mass is 16.6. The normalized spacial score (nSPS) is 10.9. The van der Waals surface area contributed by atoms with Crippen LogP contribution in [0.5, 0.6) is 0 Å². The summed E-state index contributed by atoms with van der Waals surface area (Å²) in [6.45, 7) is 11.7. The highest BCUT2D eigenvalue weighted by molar-refractivity contribution is 5.67. The van der Waals surface area contributed by atoms with Crippen molar-refractivity contribution < 1.29 is 9.53 Å². The van der Waals surface area contributed by atoms with E-state index in [1.54, 1.807) is 12.4 Å². The monoisotopic (exact) mass is 248 g/mol. The molecule has 0 radical (unpaired) electrons. The first-order chi connectivity index (χ1) is 8.28. The molecular weight excluding hydrogens is 228 g/mol. The van der Waals surface area contributed by atoms with Gasteiger partial charge in [-0.05, 0) is 50.5 Å². The summed E-state index contributed by atoms with van der Waals surface area (Å²) in [6.07, 6.45) is 3.03. The van der Waals surface area contributed by atoms with E-state index in [0.717, 1.165) is 16.7 Å². The zero-order valence-corrected chi connectivity index (χ0v) is 11.4. The number of carbonyl (C=O) groups excluding carboxylic acids is 1. The van der Waals surface area contributed by atoms with Crippen molar-refractivity contribution in [3.05, 3.63) is 36.2 Å². The number of nitrogens with one attached hydrogen (secondary N) is 1. The van der Waals surface area contributed by atoms with Gasteiger partial charge in [0.15, 0.2) is 0 Å². The number of rotatable bonds is 3. The summed E-state index contributed by atoms with van der Waals surface area (Å²) in [6, 6.07) is 1.95. The van der Waals surface area contributed by atoms with E-state index in [0.29, 0.717) is 6.54 Å². The number of carbonyl (C=O) groups is 1. The molecule has 0 spiro atoms. The number of nitrogens with zero attached hydrogens (tertiary/aromatic N) is 1. The minimum absolute atomic E-state index is 0.392. The molecule has 0 aliphatic carbocycles. The number of allylic oxidation sites excluding steroid dienone is 1. The van der Waals surface area contributed by atoms with Gasteiger partial charge in [-0.1, -0.05) is 6.58 Å². The third-order valence-electron chi connectivity index (χ3n) is 2.12. The van der Waals surface area contributed by atoms with Gasteiger partial charge in [-0.25, -0.2) is 4.79 Å². The standard InChI is InChI=1S/C14H20N2O2/c1-10(2)12-6-11(7-15-9-12)8-16-13(17)18-14(3,4)5/h6-7,9H,1,8H2,2-5H3,(H,16,17). The number of alkyl carbamates (subject to hydrolysis) is 1. The van der Waals surface area contributed by atoms with Gasteiger partial charge in [0, 0.05) is 18.9 Å². The molecule has 0 aliphatic heterocycles. The third kappa shape index (κ3) is 4.99. The zero-order chi connectivity index (χ0) is 13.8. The molecule has 18 heavy (non-hydrogen) atoms. The Labute approximate surface area is 108 Å². The molecule has 1 heterocycles. The highest BCUT2D eigenvalue weighted by Crippen LogP contribution is 2.12. The fraction of sp³-hybridized carbons (Fsp3) is 0.429. The van der Waals surface area contributed by atoms with Crippen LogP contribution in [0.25, 0.3) is 5.57 Å². The molecule has 0 bridgehead atoms. The Balaban J connectivity index is 2.56. The van der Waals surface area contributed by atoms with Gasteiger partial charge in [0.05, 0.1) is 0 Å². The Morgan fingerprint density at radius 2 is 2.11 bits per heavy atom. The predicted molar refractivity (Wildman–Crippen MR) is 72.0 cm³/mol. The Morgan fingerprint density at radius 1 is 1.44 bits per heavy atom. The molecule has 98 valence electrons. The lowest BCUT2D eigenvalue weighted by Gasteiger charge is -2.19. The quantitative estimate of drug-likeness (QED) is 0.894. The van der Waals surface area contributed by atoms with Crippen LogP contribution in [-0.2, 0) is 11.3 Å². The van der Waals surface area contributed by atoms with Gasteiger partial charge < -0.3 is 10.1 Å². The first kappa shape index (κ1) is 14.2. The Hall–Kier alpha value is -1.84. The van der Waals surface area contributed by atoms with Crippen molar-refractivity contribution >= 4 is 11.7 Å². The van der Waals surface area contributed by atoms with Crippen LogP contribution in [0.1, 0.15) is 38.8 Å². The largest absolute Gasteiger partial charge is 0.444 e. The second-order valence-corrected chi connectivity index (χ2v) is 5.22. The highest BCUT2D eigenvalue weighted by Gasteiger charge is 2.15. The summed E-state index contributed by atoms with van der Waals surface area (Å²) in [5.74, 6) is 0. The summed E-state index contributed by atoms with van der Waals surface area (Å²) in [5.41, 5.74) is 2.35. The second-order valence-electron chi connectivity index (χ2n) is 5.22. The first-order valence-electron chi connectivity index (χ1n) is 5.84. The van der Waals surface area contributed by atoms with Crippen LogP contribution >= 0.6 is 0 Å². The van der Waals surface area contributed by atoms with Gasteiger partial charge >= 0.3 is 6.09 Å². The zero-order valence-electron chi connectivity index (χ0n) is 11.4. The van der Waals surface area contributed by atoms with Crippen LogP contribution in [0.4, 0.5) is 4.79 Å².